The molecule has 1 aliphatic carbocycles. The van der Waals surface area contributed by atoms with Gasteiger partial charge in [-0.15, -0.1) is 0 Å². The first kappa shape index (κ1) is 18.7. The lowest BCUT2D eigenvalue weighted by atomic mass is 9.88. The summed E-state index contributed by atoms with van der Waals surface area (Å²) in [5.74, 6) is 1.05. The van der Waals surface area contributed by atoms with Crippen LogP contribution in [0.1, 0.15) is 44.1 Å². The highest BCUT2D eigenvalue weighted by Gasteiger charge is 2.31. The molecular formula is C20H29FN4O. The van der Waals surface area contributed by atoms with Gasteiger partial charge in [0.25, 0.3) is 0 Å². The number of likely N-dealkylation sites (tertiary alicyclic amines) is 1. The number of aliphatic imine (C=N–C) groups is 1. The van der Waals surface area contributed by atoms with Crippen LogP contribution in [0.4, 0.5) is 4.39 Å². The van der Waals surface area contributed by atoms with Crippen molar-refractivity contribution in [3.8, 4) is 0 Å². The molecule has 1 aromatic rings. The van der Waals surface area contributed by atoms with Crippen LogP contribution in [-0.2, 0) is 11.3 Å². The maximum atomic E-state index is 13.0. The van der Waals surface area contributed by atoms with E-state index in [9.17, 15) is 9.18 Å². The molecule has 2 N–H and O–H groups in total. The third-order valence-corrected chi connectivity index (χ3v) is 5.39. The minimum Gasteiger partial charge on any atom is -0.352 e. The Bertz CT molecular complexity index is 625. The van der Waals surface area contributed by atoms with E-state index in [2.05, 4.69) is 15.6 Å². The van der Waals surface area contributed by atoms with Gasteiger partial charge < -0.3 is 15.5 Å². The number of hydrogen-bond acceptors (Lipinski definition) is 2. The van der Waals surface area contributed by atoms with Crippen LogP contribution in [0, 0.1) is 11.7 Å². The quantitative estimate of drug-likeness (QED) is 0.641. The number of amides is 1. The van der Waals surface area contributed by atoms with Gasteiger partial charge in [0.05, 0.1) is 0 Å². The van der Waals surface area contributed by atoms with Gasteiger partial charge in [-0.25, -0.2) is 4.39 Å². The largest absolute Gasteiger partial charge is 0.352 e. The van der Waals surface area contributed by atoms with Crippen LogP contribution in [0.25, 0.3) is 0 Å². The summed E-state index contributed by atoms with van der Waals surface area (Å²) < 4.78 is 13.0. The summed E-state index contributed by atoms with van der Waals surface area (Å²) in [5.41, 5.74) is 0.995. The molecule has 0 aromatic heterocycles. The molecule has 2 aliphatic rings. The second-order valence-electron chi connectivity index (χ2n) is 7.30. The SMILES string of the molecule is CN=C(NCc1ccc(F)cc1)NC1CCN(C(=O)C2CCCCC2)C1. The fourth-order valence-electron chi connectivity index (χ4n) is 3.86. The molecule has 1 heterocycles. The number of carbonyl (C=O) groups excluding carboxylic acids is 1. The first-order chi connectivity index (χ1) is 12.7. The smallest absolute Gasteiger partial charge is 0.225 e. The van der Waals surface area contributed by atoms with E-state index in [-0.39, 0.29) is 17.8 Å². The van der Waals surface area contributed by atoms with Crippen LogP contribution in [0.3, 0.4) is 0 Å². The monoisotopic (exact) mass is 360 g/mol. The Labute approximate surface area is 155 Å². The fourth-order valence-corrected chi connectivity index (χ4v) is 3.86. The third kappa shape index (κ3) is 4.96. The minimum atomic E-state index is -0.232. The molecule has 1 atom stereocenters. The molecule has 2 fully saturated rings. The molecular weight excluding hydrogens is 331 g/mol. The molecule has 6 heteroatoms. The van der Waals surface area contributed by atoms with Crippen molar-refractivity contribution in [3.63, 3.8) is 0 Å². The number of hydrogen-bond donors (Lipinski definition) is 2. The average molecular weight is 360 g/mol. The molecule has 1 aromatic carbocycles. The molecule has 0 spiro atoms. The van der Waals surface area contributed by atoms with E-state index in [0.717, 1.165) is 37.9 Å². The summed E-state index contributed by atoms with van der Waals surface area (Å²) in [4.78, 5) is 18.9. The molecule has 0 radical (unpaired) electrons. The van der Waals surface area contributed by atoms with Crippen molar-refractivity contribution in [2.24, 2.45) is 10.9 Å². The fraction of sp³-hybridized carbons (Fsp3) is 0.600. The number of benzene rings is 1. The van der Waals surface area contributed by atoms with E-state index < -0.39 is 0 Å². The number of halogens is 1. The van der Waals surface area contributed by atoms with Gasteiger partial charge in [-0.05, 0) is 37.0 Å². The molecule has 142 valence electrons. The lowest BCUT2D eigenvalue weighted by molar-refractivity contribution is -0.135. The van der Waals surface area contributed by atoms with Crippen LogP contribution >= 0.6 is 0 Å². The highest BCUT2D eigenvalue weighted by Crippen LogP contribution is 2.26. The van der Waals surface area contributed by atoms with Crippen LogP contribution < -0.4 is 10.6 Å². The molecule has 5 nitrogen and oxygen atoms in total. The highest BCUT2D eigenvalue weighted by molar-refractivity contribution is 5.81. The van der Waals surface area contributed by atoms with Gasteiger partial charge in [0.1, 0.15) is 5.82 Å². The summed E-state index contributed by atoms with van der Waals surface area (Å²) in [5, 5.41) is 6.66. The molecule has 1 saturated heterocycles. The average Bonchev–Trinajstić information content (AvgIpc) is 3.15. The predicted octanol–water partition coefficient (Wildman–Crippen LogP) is 2.67. The van der Waals surface area contributed by atoms with Crippen molar-refractivity contribution >= 4 is 11.9 Å². The van der Waals surface area contributed by atoms with Crippen molar-refractivity contribution in [1.29, 1.82) is 0 Å². The van der Waals surface area contributed by atoms with Gasteiger partial charge in [-0.3, -0.25) is 9.79 Å². The van der Waals surface area contributed by atoms with Crippen molar-refractivity contribution < 1.29 is 9.18 Å². The Kier molecular flexibility index (Phi) is 6.47. The molecule has 1 amide bonds. The summed E-state index contributed by atoms with van der Waals surface area (Å²) in [7, 11) is 1.74. The maximum absolute atomic E-state index is 13.0. The van der Waals surface area contributed by atoms with E-state index >= 15 is 0 Å². The van der Waals surface area contributed by atoms with E-state index in [0.29, 0.717) is 18.4 Å². The van der Waals surface area contributed by atoms with E-state index in [1.165, 1.54) is 31.4 Å². The molecule has 1 unspecified atom stereocenters. The van der Waals surface area contributed by atoms with Crippen LogP contribution in [0.5, 0.6) is 0 Å². The zero-order chi connectivity index (χ0) is 18.4. The van der Waals surface area contributed by atoms with E-state index in [4.69, 9.17) is 0 Å². The zero-order valence-corrected chi connectivity index (χ0v) is 15.5. The van der Waals surface area contributed by atoms with Crippen LogP contribution in [0.2, 0.25) is 0 Å². The number of carbonyl (C=O) groups is 1. The van der Waals surface area contributed by atoms with Gasteiger partial charge in [-0.2, -0.15) is 0 Å². The van der Waals surface area contributed by atoms with Crippen molar-refractivity contribution in [1.82, 2.24) is 15.5 Å². The zero-order valence-electron chi connectivity index (χ0n) is 15.5. The second kappa shape index (κ2) is 9.01. The van der Waals surface area contributed by atoms with Gasteiger partial charge >= 0.3 is 0 Å². The van der Waals surface area contributed by atoms with Gasteiger partial charge in [-0.1, -0.05) is 31.4 Å². The standard InChI is InChI=1S/C20H29FN4O/c1-22-20(23-13-15-7-9-17(21)10-8-15)24-18-11-12-25(14-18)19(26)16-5-3-2-4-6-16/h7-10,16,18H,2-6,11-14H2,1H3,(H2,22,23,24). The number of rotatable bonds is 4. The Balaban J connectivity index is 1.45. The second-order valence-corrected chi connectivity index (χ2v) is 7.30. The number of guanidine groups is 1. The summed E-state index contributed by atoms with van der Waals surface area (Å²) in [6, 6.07) is 6.66. The molecule has 0 bridgehead atoms. The number of nitrogens with zero attached hydrogens (tertiary/aromatic N) is 2. The van der Waals surface area contributed by atoms with Gasteiger partial charge in [0.15, 0.2) is 5.96 Å². The van der Waals surface area contributed by atoms with Crippen LogP contribution in [-0.4, -0.2) is 42.9 Å². The van der Waals surface area contributed by atoms with Crippen LogP contribution in [0.15, 0.2) is 29.3 Å². The molecule has 1 aliphatic heterocycles. The maximum Gasteiger partial charge on any atom is 0.225 e. The lowest BCUT2D eigenvalue weighted by Gasteiger charge is -2.26. The lowest BCUT2D eigenvalue weighted by Crippen LogP contribution is -2.45. The molecule has 3 rings (SSSR count). The Hall–Kier alpha value is -2.11. The summed E-state index contributed by atoms with van der Waals surface area (Å²) in [6.07, 6.45) is 6.68. The topological polar surface area (TPSA) is 56.7 Å². The Morgan fingerprint density at radius 1 is 1.19 bits per heavy atom. The summed E-state index contributed by atoms with van der Waals surface area (Å²) in [6.45, 7) is 2.14. The van der Waals surface area contributed by atoms with Gasteiger partial charge in [0.2, 0.25) is 5.91 Å². The number of nitrogens with one attached hydrogen (secondary N) is 2. The van der Waals surface area contributed by atoms with Crippen molar-refractivity contribution in [2.75, 3.05) is 20.1 Å². The predicted molar refractivity (Wildman–Crippen MR) is 101 cm³/mol. The van der Waals surface area contributed by atoms with Gasteiger partial charge in [0, 0.05) is 38.6 Å². The summed E-state index contributed by atoms with van der Waals surface area (Å²) >= 11 is 0. The normalized spacial score (nSPS) is 21.7. The van der Waals surface area contributed by atoms with E-state index in [1.807, 2.05) is 4.90 Å². The Morgan fingerprint density at radius 2 is 1.92 bits per heavy atom. The van der Waals surface area contributed by atoms with Crippen molar-refractivity contribution in [2.45, 2.75) is 51.1 Å². The first-order valence-corrected chi connectivity index (χ1v) is 9.66. The Morgan fingerprint density at radius 3 is 2.62 bits per heavy atom. The highest BCUT2D eigenvalue weighted by atomic mass is 19.1. The minimum absolute atomic E-state index is 0.224. The first-order valence-electron chi connectivity index (χ1n) is 9.66. The van der Waals surface area contributed by atoms with E-state index in [1.54, 1.807) is 19.2 Å². The third-order valence-electron chi connectivity index (χ3n) is 5.39. The molecule has 26 heavy (non-hydrogen) atoms. The van der Waals surface area contributed by atoms with Crippen molar-refractivity contribution in [3.05, 3.63) is 35.6 Å². The molecule has 1 saturated carbocycles.